The topological polar surface area (TPSA) is 12.5 Å². The Hall–Kier alpha value is 0.270. The molecule has 1 radical (unpaired) electrons. The number of morpholine rings is 1. The van der Waals surface area contributed by atoms with Crippen molar-refractivity contribution in [1.29, 1.82) is 0 Å². The summed E-state index contributed by atoms with van der Waals surface area (Å²) in [6.07, 6.45) is 3.70. The first-order valence-electron chi connectivity index (χ1n) is 2.68. The molecule has 3 heteroatoms. The predicted octanol–water partition coefficient (Wildman–Crippen LogP) is 0.758. The summed E-state index contributed by atoms with van der Waals surface area (Å²) in [6.45, 7) is 3.77. The Labute approximate surface area is 54.3 Å². The number of hydrogen-bond acceptors (Lipinski definition) is 3. The average Bonchev–Trinajstić information content (AvgIpc) is 1.90. The third kappa shape index (κ3) is 1.65. The van der Waals surface area contributed by atoms with Gasteiger partial charge in [0.25, 0.3) is 0 Å². The molecule has 47 valence electrons. The van der Waals surface area contributed by atoms with E-state index >= 15 is 0 Å². The smallest absolute Gasteiger partial charge is 0.0603 e. The first-order valence-corrected chi connectivity index (χ1v) is 3.62. The highest BCUT2D eigenvalue weighted by Crippen LogP contribution is 2.08. The van der Waals surface area contributed by atoms with Gasteiger partial charge in [0.15, 0.2) is 0 Å². The second kappa shape index (κ2) is 3.33. The van der Waals surface area contributed by atoms with Crippen LogP contribution in [-0.2, 0) is 4.74 Å². The molecule has 0 N–H and O–H groups in total. The van der Waals surface area contributed by atoms with Gasteiger partial charge in [0.2, 0.25) is 0 Å². The fourth-order valence-corrected chi connectivity index (χ4v) is 1.08. The number of nitrogens with zero attached hydrogens (tertiary/aromatic N) is 1. The summed E-state index contributed by atoms with van der Waals surface area (Å²) in [5.74, 6) is 0. The third-order valence-corrected chi connectivity index (χ3v) is 1.88. The van der Waals surface area contributed by atoms with Crippen molar-refractivity contribution >= 4 is 11.9 Å². The summed E-state index contributed by atoms with van der Waals surface area (Å²) in [4.78, 5) is 0. The van der Waals surface area contributed by atoms with E-state index in [2.05, 4.69) is 10.6 Å². The maximum absolute atomic E-state index is 5.12. The molecule has 0 unspecified atom stereocenters. The molecule has 8 heavy (non-hydrogen) atoms. The molecule has 1 heterocycles. The first kappa shape index (κ1) is 6.39. The summed E-state index contributed by atoms with van der Waals surface area (Å²) >= 11 is 1.55. The van der Waals surface area contributed by atoms with Crippen molar-refractivity contribution in [1.82, 2.24) is 4.31 Å². The molecule has 2 nitrogen and oxygen atoms in total. The van der Waals surface area contributed by atoms with Gasteiger partial charge < -0.3 is 4.74 Å². The minimum Gasteiger partial charge on any atom is -0.379 e. The summed E-state index contributed by atoms with van der Waals surface area (Å²) in [5, 5.41) is 0. The van der Waals surface area contributed by atoms with Crippen molar-refractivity contribution in [3.63, 3.8) is 0 Å². The molecular weight excluding hydrogens is 122 g/mol. The lowest BCUT2D eigenvalue weighted by Gasteiger charge is -2.23. The molecule has 0 atom stereocenters. The molecule has 1 aliphatic heterocycles. The molecule has 0 aromatic carbocycles. The maximum atomic E-state index is 5.12. The Morgan fingerprint density at radius 2 is 2.00 bits per heavy atom. The van der Waals surface area contributed by atoms with Crippen LogP contribution in [0.15, 0.2) is 0 Å². The fourth-order valence-electron chi connectivity index (χ4n) is 0.676. The molecular formula is C5H10NOS. The molecule has 0 saturated carbocycles. The molecule has 0 spiro atoms. The molecule has 1 aliphatic rings. The lowest BCUT2D eigenvalue weighted by Crippen LogP contribution is -2.30. The van der Waals surface area contributed by atoms with E-state index in [0.29, 0.717) is 0 Å². The second-order valence-electron chi connectivity index (χ2n) is 1.67. The standard InChI is InChI=1S/C5H10NOS/c1-8-6-2-4-7-5-3-6/h1-5H2. The Bertz CT molecular complexity index is 63.4. The largest absolute Gasteiger partial charge is 0.379 e. The number of hydrogen-bond donors (Lipinski definition) is 0. The van der Waals surface area contributed by atoms with E-state index < -0.39 is 0 Å². The van der Waals surface area contributed by atoms with Crippen LogP contribution in [0, 0.1) is 6.26 Å². The van der Waals surface area contributed by atoms with Crippen molar-refractivity contribution in [2.45, 2.75) is 0 Å². The van der Waals surface area contributed by atoms with E-state index in [1.807, 2.05) is 0 Å². The highest BCUT2D eigenvalue weighted by Gasteiger charge is 2.06. The molecule has 0 bridgehead atoms. The quantitative estimate of drug-likeness (QED) is 0.489. The normalized spacial score (nSPS) is 23.6. The summed E-state index contributed by atoms with van der Waals surface area (Å²) < 4.78 is 7.32. The Balaban J connectivity index is 2.13. The van der Waals surface area contributed by atoms with Gasteiger partial charge in [-0.3, -0.25) is 0 Å². The average molecular weight is 132 g/mol. The monoisotopic (exact) mass is 132 g/mol. The van der Waals surface area contributed by atoms with Gasteiger partial charge in [0.1, 0.15) is 0 Å². The number of rotatable bonds is 1. The van der Waals surface area contributed by atoms with Gasteiger partial charge in [-0.05, 0) is 0 Å². The zero-order valence-corrected chi connectivity index (χ0v) is 5.62. The first-order chi connectivity index (χ1) is 3.93. The lowest BCUT2D eigenvalue weighted by molar-refractivity contribution is 0.0776. The minimum atomic E-state index is 0.864. The van der Waals surface area contributed by atoms with Crippen LogP contribution < -0.4 is 0 Å². The third-order valence-electron chi connectivity index (χ3n) is 1.15. The van der Waals surface area contributed by atoms with Crippen LogP contribution in [0.5, 0.6) is 0 Å². The van der Waals surface area contributed by atoms with Gasteiger partial charge in [-0.15, -0.1) is 0 Å². The summed E-state index contributed by atoms with van der Waals surface area (Å²) in [7, 11) is 0. The molecule has 1 saturated heterocycles. The summed E-state index contributed by atoms with van der Waals surface area (Å²) in [5.41, 5.74) is 0. The van der Waals surface area contributed by atoms with Gasteiger partial charge in [0, 0.05) is 19.3 Å². The van der Waals surface area contributed by atoms with Crippen LogP contribution in [0.25, 0.3) is 0 Å². The Kier molecular flexibility index (Phi) is 2.66. The van der Waals surface area contributed by atoms with Crippen LogP contribution in [0.1, 0.15) is 0 Å². The van der Waals surface area contributed by atoms with E-state index in [9.17, 15) is 0 Å². The van der Waals surface area contributed by atoms with E-state index in [1.165, 1.54) is 0 Å². The van der Waals surface area contributed by atoms with Gasteiger partial charge in [0.05, 0.1) is 13.2 Å². The van der Waals surface area contributed by atoms with E-state index in [1.54, 1.807) is 11.9 Å². The maximum Gasteiger partial charge on any atom is 0.0603 e. The minimum absolute atomic E-state index is 0.864. The highest BCUT2D eigenvalue weighted by atomic mass is 32.2. The van der Waals surface area contributed by atoms with Crippen molar-refractivity contribution < 1.29 is 4.74 Å². The second-order valence-corrected chi connectivity index (χ2v) is 2.45. The van der Waals surface area contributed by atoms with Gasteiger partial charge in [-0.25, -0.2) is 4.31 Å². The zero-order valence-electron chi connectivity index (χ0n) is 4.80. The van der Waals surface area contributed by atoms with Gasteiger partial charge >= 0.3 is 0 Å². The molecule has 0 aromatic rings. The van der Waals surface area contributed by atoms with Crippen molar-refractivity contribution in [3.8, 4) is 0 Å². The van der Waals surface area contributed by atoms with Crippen LogP contribution in [0.3, 0.4) is 0 Å². The Morgan fingerprint density at radius 3 is 2.38 bits per heavy atom. The van der Waals surface area contributed by atoms with E-state index in [-0.39, 0.29) is 0 Å². The van der Waals surface area contributed by atoms with Crippen molar-refractivity contribution in [2.24, 2.45) is 0 Å². The van der Waals surface area contributed by atoms with Crippen LogP contribution in [0.4, 0.5) is 0 Å². The zero-order chi connectivity index (χ0) is 5.82. The SMILES string of the molecule is [CH2]SN1CCOCC1. The van der Waals surface area contributed by atoms with Crippen molar-refractivity contribution in [3.05, 3.63) is 6.26 Å². The molecule has 1 fully saturated rings. The summed E-state index contributed by atoms with van der Waals surface area (Å²) in [6, 6.07) is 0. The highest BCUT2D eigenvalue weighted by molar-refractivity contribution is 7.98. The molecule has 1 rings (SSSR count). The van der Waals surface area contributed by atoms with E-state index in [4.69, 9.17) is 4.74 Å². The van der Waals surface area contributed by atoms with Gasteiger partial charge in [-0.1, -0.05) is 11.9 Å². The number of ether oxygens (including phenoxy) is 1. The molecule has 0 amide bonds. The van der Waals surface area contributed by atoms with Crippen molar-refractivity contribution in [2.75, 3.05) is 26.3 Å². The van der Waals surface area contributed by atoms with Crippen LogP contribution >= 0.6 is 11.9 Å². The van der Waals surface area contributed by atoms with Crippen LogP contribution in [0.2, 0.25) is 0 Å². The molecule has 0 aliphatic carbocycles. The van der Waals surface area contributed by atoms with Crippen LogP contribution in [-0.4, -0.2) is 30.6 Å². The predicted molar refractivity (Wildman–Crippen MR) is 35.3 cm³/mol. The Morgan fingerprint density at radius 1 is 1.38 bits per heavy atom. The molecule has 0 aromatic heterocycles. The fraction of sp³-hybridized carbons (Fsp3) is 0.800. The van der Waals surface area contributed by atoms with Gasteiger partial charge in [-0.2, -0.15) is 0 Å². The lowest BCUT2D eigenvalue weighted by atomic mass is 10.5. The van der Waals surface area contributed by atoms with E-state index in [0.717, 1.165) is 26.3 Å².